The van der Waals surface area contributed by atoms with E-state index in [1.54, 1.807) is 20.8 Å². The van der Waals surface area contributed by atoms with Gasteiger partial charge in [-0.05, 0) is 19.3 Å². The molecule has 19 heavy (non-hydrogen) atoms. The molecule has 0 aromatic carbocycles. The van der Waals surface area contributed by atoms with Crippen LogP contribution >= 0.6 is 0 Å². The summed E-state index contributed by atoms with van der Waals surface area (Å²) in [6, 6.07) is 0. The summed E-state index contributed by atoms with van der Waals surface area (Å²) >= 11 is 0. The number of hydrogen-bond acceptors (Lipinski definition) is 6. The summed E-state index contributed by atoms with van der Waals surface area (Å²) in [5, 5.41) is 28.5. The Labute approximate surface area is 146 Å². The second-order valence-corrected chi connectivity index (χ2v) is 3.37. The van der Waals surface area contributed by atoms with Crippen LogP contribution in [0, 0.1) is 40.4 Å². The van der Waals surface area contributed by atoms with Crippen molar-refractivity contribution in [1.82, 2.24) is 0 Å². The Morgan fingerprint density at radius 2 is 0.789 bits per heavy atom. The third kappa shape index (κ3) is 57.5. The average molecular weight is 412 g/mol. The average Bonchev–Trinajstić information content (AvgIpc) is 2.18. The Hall–Kier alpha value is -0.252. The molecule has 0 unspecified atom stereocenters. The second kappa shape index (κ2) is 22.9. The summed E-state index contributed by atoms with van der Waals surface area (Å²) in [7, 11) is 0. The maximum absolute atomic E-state index is 9.49. The molecule has 0 atom stereocenters. The van der Waals surface area contributed by atoms with Crippen LogP contribution in [-0.4, -0.2) is 17.9 Å². The molecule has 6 nitrogen and oxygen atoms in total. The molecule has 0 heterocycles. The number of carbonyl (C=O) groups is 3. The predicted molar refractivity (Wildman–Crippen MR) is 59.7 cm³/mol. The molecule has 0 aliphatic carbocycles. The summed E-state index contributed by atoms with van der Waals surface area (Å²) in [5.41, 5.74) is 0. The van der Waals surface area contributed by atoms with Crippen LogP contribution in [0.2, 0.25) is 0 Å². The zero-order valence-electron chi connectivity index (χ0n) is 11.6. The van der Waals surface area contributed by atoms with E-state index in [4.69, 9.17) is 0 Å². The van der Waals surface area contributed by atoms with Gasteiger partial charge in [-0.25, -0.2) is 0 Å². The van der Waals surface area contributed by atoms with Crippen LogP contribution in [0.15, 0.2) is 0 Å². The van der Waals surface area contributed by atoms with E-state index in [9.17, 15) is 29.7 Å². The van der Waals surface area contributed by atoms with Crippen molar-refractivity contribution in [3.8, 4) is 0 Å². The normalized spacial score (nSPS) is 7.74. The van der Waals surface area contributed by atoms with Crippen LogP contribution in [0.25, 0.3) is 0 Å². The van der Waals surface area contributed by atoms with E-state index in [1.807, 2.05) is 0 Å². The van der Waals surface area contributed by atoms with Gasteiger partial charge in [-0.1, -0.05) is 40.0 Å². The van der Waals surface area contributed by atoms with Gasteiger partial charge in [0.2, 0.25) is 0 Å². The number of rotatable bonds is 6. The molecule has 7 heteroatoms. The van der Waals surface area contributed by atoms with Crippen LogP contribution in [0.3, 0.4) is 0 Å². The number of carboxylic acid groups (broad SMARTS) is 3. The molecule has 0 rings (SSSR count). The van der Waals surface area contributed by atoms with Crippen molar-refractivity contribution in [2.45, 2.75) is 59.3 Å². The summed E-state index contributed by atoms with van der Waals surface area (Å²) in [6.45, 7) is 5.40. The van der Waals surface area contributed by atoms with E-state index in [-0.39, 0.29) is 59.7 Å². The SMILES string of the molecule is CCCC(=O)[O-].CCCC(=O)[O-].CCCC(=O)[O-].[Sm+3]. The molecule has 0 saturated heterocycles. The van der Waals surface area contributed by atoms with Gasteiger partial charge in [0.1, 0.15) is 0 Å². The number of carbonyl (C=O) groups excluding carboxylic acids is 3. The van der Waals surface area contributed by atoms with Crippen molar-refractivity contribution >= 4 is 17.9 Å². The number of carboxylic acids is 3. The third-order valence-electron chi connectivity index (χ3n) is 1.36. The van der Waals surface area contributed by atoms with Crippen LogP contribution in [0.1, 0.15) is 59.3 Å². The van der Waals surface area contributed by atoms with Crippen molar-refractivity contribution in [2.24, 2.45) is 0 Å². The maximum Gasteiger partial charge on any atom is 3.00 e. The van der Waals surface area contributed by atoms with E-state index < -0.39 is 17.9 Å². The van der Waals surface area contributed by atoms with Gasteiger partial charge in [0, 0.05) is 17.9 Å². The van der Waals surface area contributed by atoms with Crippen LogP contribution in [-0.2, 0) is 14.4 Å². The molecule has 0 spiro atoms. The monoisotopic (exact) mass is 413 g/mol. The van der Waals surface area contributed by atoms with Crippen molar-refractivity contribution < 1.29 is 70.1 Å². The Kier molecular flexibility index (Phi) is 32.7. The van der Waals surface area contributed by atoms with Crippen molar-refractivity contribution in [3.05, 3.63) is 0 Å². The van der Waals surface area contributed by atoms with Gasteiger partial charge in [-0.3, -0.25) is 0 Å². The topological polar surface area (TPSA) is 120 Å². The molecule has 0 saturated carbocycles. The first-order valence-corrected chi connectivity index (χ1v) is 5.91. The molecule has 111 valence electrons. The second-order valence-electron chi connectivity index (χ2n) is 3.37. The van der Waals surface area contributed by atoms with Gasteiger partial charge in [-0.15, -0.1) is 0 Å². The minimum Gasteiger partial charge on any atom is -0.550 e. The van der Waals surface area contributed by atoms with Crippen LogP contribution in [0.5, 0.6) is 0 Å². The van der Waals surface area contributed by atoms with Gasteiger partial charge >= 0.3 is 40.4 Å². The van der Waals surface area contributed by atoms with E-state index in [1.165, 1.54) is 0 Å². The minimum absolute atomic E-state index is 0. The number of hydrogen-bond donors (Lipinski definition) is 0. The van der Waals surface area contributed by atoms with Crippen LogP contribution in [0.4, 0.5) is 0 Å². The fourth-order valence-electron chi connectivity index (χ4n) is 0.612. The van der Waals surface area contributed by atoms with Crippen molar-refractivity contribution in [2.75, 3.05) is 0 Å². The van der Waals surface area contributed by atoms with Crippen molar-refractivity contribution in [3.63, 3.8) is 0 Å². The summed E-state index contributed by atoms with van der Waals surface area (Å²) < 4.78 is 0. The Morgan fingerprint density at radius 3 is 0.789 bits per heavy atom. The van der Waals surface area contributed by atoms with E-state index in [0.717, 1.165) is 0 Å². The molecule has 1 radical (unpaired) electrons. The molecular formula is C12H21O6Sm. The fraction of sp³-hybridized carbons (Fsp3) is 0.750. The molecular weight excluding hydrogens is 390 g/mol. The Bertz CT molecular complexity index is 192. The maximum atomic E-state index is 9.49. The minimum atomic E-state index is -0.961. The molecule has 0 bridgehead atoms. The summed E-state index contributed by atoms with van der Waals surface area (Å²) in [5.74, 6) is -2.88. The number of aliphatic carboxylic acids is 3. The summed E-state index contributed by atoms with van der Waals surface area (Å²) in [4.78, 5) is 28.5. The Morgan fingerprint density at radius 1 is 0.632 bits per heavy atom. The van der Waals surface area contributed by atoms with Gasteiger partial charge in [-0.2, -0.15) is 0 Å². The van der Waals surface area contributed by atoms with Crippen molar-refractivity contribution in [1.29, 1.82) is 0 Å². The van der Waals surface area contributed by atoms with E-state index in [0.29, 0.717) is 19.3 Å². The van der Waals surface area contributed by atoms with Gasteiger partial charge in [0.25, 0.3) is 0 Å². The quantitative estimate of drug-likeness (QED) is 0.530. The van der Waals surface area contributed by atoms with Crippen LogP contribution < -0.4 is 15.3 Å². The zero-order valence-corrected chi connectivity index (χ0v) is 14.2. The molecule has 0 amide bonds. The molecule has 0 aromatic heterocycles. The molecule has 0 fully saturated rings. The Balaban J connectivity index is -0.0000000865. The van der Waals surface area contributed by atoms with Gasteiger partial charge < -0.3 is 29.7 Å². The van der Waals surface area contributed by atoms with Gasteiger partial charge in [0.05, 0.1) is 0 Å². The first-order valence-electron chi connectivity index (χ1n) is 5.91. The summed E-state index contributed by atoms with van der Waals surface area (Å²) in [6.07, 6.45) is 2.55. The zero-order chi connectivity index (χ0) is 15.0. The van der Waals surface area contributed by atoms with E-state index in [2.05, 4.69) is 0 Å². The smallest absolute Gasteiger partial charge is 0.550 e. The largest absolute Gasteiger partial charge is 3.00 e. The predicted octanol–water partition coefficient (Wildman–Crippen LogP) is -1.39. The molecule has 0 aromatic rings. The first-order chi connectivity index (χ1) is 8.31. The fourth-order valence-corrected chi connectivity index (χ4v) is 0.612. The van der Waals surface area contributed by atoms with E-state index >= 15 is 0 Å². The van der Waals surface area contributed by atoms with Gasteiger partial charge in [0.15, 0.2) is 0 Å². The standard InChI is InChI=1S/3C4H8O2.Sm/c3*1-2-3-4(5)6;/h3*2-3H2,1H3,(H,5,6);/q;;;+3/p-3. The molecule has 0 N–H and O–H groups in total. The first kappa shape index (κ1) is 27.2. The third-order valence-corrected chi connectivity index (χ3v) is 1.36. The molecule has 0 aliphatic heterocycles. The molecule has 0 aliphatic rings.